The van der Waals surface area contributed by atoms with Gasteiger partial charge in [-0.15, -0.1) is 0 Å². The Kier molecular flexibility index (Phi) is 4.79. The van der Waals surface area contributed by atoms with Gasteiger partial charge >= 0.3 is 0 Å². The quantitative estimate of drug-likeness (QED) is 0.737. The summed E-state index contributed by atoms with van der Waals surface area (Å²) in [5, 5.41) is 12.1. The van der Waals surface area contributed by atoms with Gasteiger partial charge < -0.3 is 20.9 Å². The monoisotopic (exact) mass is 286 g/mol. The maximum atomic E-state index is 12.2. The predicted molar refractivity (Wildman–Crippen MR) is 82.3 cm³/mol. The van der Waals surface area contributed by atoms with Crippen molar-refractivity contribution in [2.24, 2.45) is 0 Å². The minimum atomic E-state index is -0.291. The van der Waals surface area contributed by atoms with E-state index in [1.54, 1.807) is 42.5 Å². The molecule has 5 heteroatoms. The van der Waals surface area contributed by atoms with Gasteiger partial charge in [-0.1, -0.05) is 12.1 Å². The van der Waals surface area contributed by atoms with E-state index in [-0.39, 0.29) is 12.5 Å². The molecule has 2 rings (SSSR count). The highest BCUT2D eigenvalue weighted by atomic mass is 16.5. The normalized spacial score (nSPS) is 10.2. The first-order chi connectivity index (χ1) is 10.2. The van der Waals surface area contributed by atoms with E-state index in [9.17, 15) is 9.90 Å². The summed E-state index contributed by atoms with van der Waals surface area (Å²) >= 11 is 0. The van der Waals surface area contributed by atoms with Crippen molar-refractivity contribution in [3.8, 4) is 5.75 Å². The molecule has 21 heavy (non-hydrogen) atoms. The Morgan fingerprint density at radius 3 is 2.71 bits per heavy atom. The zero-order chi connectivity index (χ0) is 15.2. The lowest BCUT2D eigenvalue weighted by molar-refractivity contribution is 0.102. The van der Waals surface area contributed by atoms with Crippen LogP contribution in [-0.2, 0) is 6.61 Å². The second-order valence-electron chi connectivity index (χ2n) is 4.46. The summed E-state index contributed by atoms with van der Waals surface area (Å²) < 4.78 is 5.40. The van der Waals surface area contributed by atoms with E-state index >= 15 is 0 Å². The van der Waals surface area contributed by atoms with Gasteiger partial charge in [0.2, 0.25) is 0 Å². The van der Waals surface area contributed by atoms with Gasteiger partial charge in [-0.25, -0.2) is 0 Å². The SMILES string of the molecule is CCOc1ccc(NC(=O)c2ccccc2N)cc1CO. The number of aliphatic hydroxyl groups excluding tert-OH is 1. The molecule has 0 aliphatic rings. The maximum Gasteiger partial charge on any atom is 0.257 e. The molecule has 2 aromatic carbocycles. The van der Waals surface area contributed by atoms with Gasteiger partial charge in [0.25, 0.3) is 5.91 Å². The number of aliphatic hydroxyl groups is 1. The number of nitrogens with one attached hydrogen (secondary N) is 1. The number of nitrogens with two attached hydrogens (primary N) is 1. The summed E-state index contributed by atoms with van der Waals surface area (Å²) in [6.45, 7) is 2.22. The van der Waals surface area contributed by atoms with E-state index in [1.807, 2.05) is 6.92 Å². The maximum absolute atomic E-state index is 12.2. The highest BCUT2D eigenvalue weighted by molar-refractivity contribution is 6.07. The Morgan fingerprint density at radius 2 is 2.05 bits per heavy atom. The van der Waals surface area contributed by atoms with Crippen LogP contribution in [0.1, 0.15) is 22.8 Å². The molecule has 0 bridgehead atoms. The van der Waals surface area contributed by atoms with Crippen molar-refractivity contribution in [3.05, 3.63) is 53.6 Å². The molecule has 0 fully saturated rings. The highest BCUT2D eigenvalue weighted by Crippen LogP contribution is 2.24. The van der Waals surface area contributed by atoms with Crippen molar-refractivity contribution < 1.29 is 14.6 Å². The molecule has 5 nitrogen and oxygen atoms in total. The van der Waals surface area contributed by atoms with Crippen molar-refractivity contribution in [1.29, 1.82) is 0 Å². The summed E-state index contributed by atoms with van der Waals surface area (Å²) in [7, 11) is 0. The third kappa shape index (κ3) is 3.52. The molecule has 0 spiro atoms. The van der Waals surface area contributed by atoms with Crippen LogP contribution in [0.2, 0.25) is 0 Å². The molecule has 2 aromatic rings. The topological polar surface area (TPSA) is 84.6 Å². The summed E-state index contributed by atoms with van der Waals surface area (Å²) in [4.78, 5) is 12.2. The average Bonchev–Trinajstić information content (AvgIpc) is 2.49. The van der Waals surface area contributed by atoms with E-state index in [4.69, 9.17) is 10.5 Å². The fraction of sp³-hybridized carbons (Fsp3) is 0.188. The molecule has 110 valence electrons. The van der Waals surface area contributed by atoms with Crippen molar-refractivity contribution in [3.63, 3.8) is 0 Å². The number of carbonyl (C=O) groups is 1. The van der Waals surface area contributed by atoms with E-state index in [1.165, 1.54) is 0 Å². The minimum absolute atomic E-state index is 0.160. The van der Waals surface area contributed by atoms with Crippen LogP contribution in [0.4, 0.5) is 11.4 Å². The highest BCUT2D eigenvalue weighted by Gasteiger charge is 2.10. The minimum Gasteiger partial charge on any atom is -0.494 e. The number of hydrogen-bond acceptors (Lipinski definition) is 4. The molecule has 0 unspecified atom stereocenters. The smallest absolute Gasteiger partial charge is 0.257 e. The standard InChI is InChI=1S/C16H18N2O3/c1-2-21-15-8-7-12(9-11(15)10-19)18-16(20)13-5-3-4-6-14(13)17/h3-9,19H,2,10,17H2,1H3,(H,18,20). The number of amides is 1. The Balaban J connectivity index is 2.20. The van der Waals surface area contributed by atoms with Crippen molar-refractivity contribution >= 4 is 17.3 Å². The van der Waals surface area contributed by atoms with E-state index in [0.717, 1.165) is 0 Å². The number of para-hydroxylation sites is 1. The van der Waals surface area contributed by atoms with Gasteiger partial charge in [0.05, 0.1) is 18.8 Å². The number of nitrogen functional groups attached to an aromatic ring is 1. The second kappa shape index (κ2) is 6.76. The van der Waals surface area contributed by atoms with Crippen LogP contribution in [0.15, 0.2) is 42.5 Å². The number of benzene rings is 2. The van der Waals surface area contributed by atoms with Crippen LogP contribution < -0.4 is 15.8 Å². The fourth-order valence-corrected chi connectivity index (χ4v) is 1.98. The van der Waals surface area contributed by atoms with Crippen LogP contribution >= 0.6 is 0 Å². The third-order valence-corrected chi connectivity index (χ3v) is 2.99. The van der Waals surface area contributed by atoms with Crippen molar-refractivity contribution in [1.82, 2.24) is 0 Å². The molecule has 4 N–H and O–H groups in total. The summed E-state index contributed by atoms with van der Waals surface area (Å²) in [6.07, 6.45) is 0. The predicted octanol–water partition coefficient (Wildman–Crippen LogP) is 2.41. The summed E-state index contributed by atoms with van der Waals surface area (Å²) in [6, 6.07) is 12.0. The van der Waals surface area contributed by atoms with Crippen molar-refractivity contribution in [2.45, 2.75) is 13.5 Å². The molecule has 0 saturated heterocycles. The first-order valence-corrected chi connectivity index (χ1v) is 6.68. The molecule has 0 aromatic heterocycles. The summed E-state index contributed by atoms with van der Waals surface area (Å²) in [5.74, 6) is 0.318. The van der Waals surface area contributed by atoms with E-state index < -0.39 is 0 Å². The lowest BCUT2D eigenvalue weighted by Crippen LogP contribution is -2.14. The molecule has 0 aliphatic carbocycles. The second-order valence-corrected chi connectivity index (χ2v) is 4.46. The lowest BCUT2D eigenvalue weighted by Gasteiger charge is -2.12. The Morgan fingerprint density at radius 1 is 1.29 bits per heavy atom. The molecular weight excluding hydrogens is 268 g/mol. The summed E-state index contributed by atoms with van der Waals surface area (Å²) in [5.41, 5.74) is 7.81. The number of hydrogen-bond donors (Lipinski definition) is 3. The van der Waals surface area contributed by atoms with E-state index in [2.05, 4.69) is 5.32 Å². The zero-order valence-electron chi connectivity index (χ0n) is 11.8. The van der Waals surface area contributed by atoms with Crippen LogP contribution in [-0.4, -0.2) is 17.6 Å². The Hall–Kier alpha value is -2.53. The molecule has 0 heterocycles. The van der Waals surface area contributed by atoms with Crippen LogP contribution in [0.5, 0.6) is 5.75 Å². The van der Waals surface area contributed by atoms with Crippen LogP contribution in [0.3, 0.4) is 0 Å². The molecule has 0 aliphatic heterocycles. The average molecular weight is 286 g/mol. The van der Waals surface area contributed by atoms with Gasteiger partial charge in [-0.3, -0.25) is 4.79 Å². The number of ether oxygens (including phenoxy) is 1. The fourth-order valence-electron chi connectivity index (χ4n) is 1.98. The molecule has 0 saturated carbocycles. The largest absolute Gasteiger partial charge is 0.494 e. The van der Waals surface area contributed by atoms with Crippen LogP contribution in [0, 0.1) is 0 Å². The molecule has 1 amide bonds. The number of carbonyl (C=O) groups excluding carboxylic acids is 1. The number of rotatable bonds is 5. The zero-order valence-corrected chi connectivity index (χ0v) is 11.8. The van der Waals surface area contributed by atoms with Crippen molar-refractivity contribution in [2.75, 3.05) is 17.7 Å². The lowest BCUT2D eigenvalue weighted by atomic mass is 10.1. The third-order valence-electron chi connectivity index (χ3n) is 2.99. The van der Waals surface area contributed by atoms with E-state index in [0.29, 0.717) is 34.9 Å². The Bertz CT molecular complexity index is 641. The first-order valence-electron chi connectivity index (χ1n) is 6.68. The Labute approximate surface area is 123 Å². The first kappa shape index (κ1) is 14.9. The van der Waals surface area contributed by atoms with Gasteiger partial charge in [-0.2, -0.15) is 0 Å². The van der Waals surface area contributed by atoms with Gasteiger partial charge in [-0.05, 0) is 37.3 Å². The molecule has 0 radical (unpaired) electrons. The molecular formula is C16H18N2O3. The van der Waals surface area contributed by atoms with Gasteiger partial charge in [0, 0.05) is 16.9 Å². The van der Waals surface area contributed by atoms with Crippen LogP contribution in [0.25, 0.3) is 0 Å². The molecule has 0 atom stereocenters. The van der Waals surface area contributed by atoms with Gasteiger partial charge in [0.15, 0.2) is 0 Å². The number of anilines is 2. The van der Waals surface area contributed by atoms with Gasteiger partial charge in [0.1, 0.15) is 5.75 Å².